The summed E-state index contributed by atoms with van der Waals surface area (Å²) in [5, 5.41) is 13.1. The molecule has 0 saturated carbocycles. The third-order valence-corrected chi connectivity index (χ3v) is 6.80. The van der Waals surface area contributed by atoms with E-state index in [1.807, 2.05) is 73.5 Å². The van der Waals surface area contributed by atoms with Crippen LogP contribution in [0.4, 0.5) is 5.82 Å². The molecule has 0 aliphatic carbocycles. The monoisotopic (exact) mass is 524 g/mol. The molecular formula is C30H32N6O3. The fourth-order valence-corrected chi connectivity index (χ4v) is 4.80. The molecule has 1 fully saturated rings. The zero-order chi connectivity index (χ0) is 27.2. The number of nitrogens with one attached hydrogen (secondary N) is 1. The van der Waals surface area contributed by atoms with Crippen LogP contribution in [-0.2, 0) is 0 Å². The van der Waals surface area contributed by atoms with E-state index in [0.717, 1.165) is 34.1 Å². The summed E-state index contributed by atoms with van der Waals surface area (Å²) in [6, 6.07) is 17.4. The number of rotatable bonds is 8. The highest BCUT2D eigenvalue weighted by molar-refractivity contribution is 6.11. The smallest absolute Gasteiger partial charge is 0.271 e. The van der Waals surface area contributed by atoms with Crippen molar-refractivity contribution in [3.8, 4) is 16.9 Å². The Morgan fingerprint density at radius 2 is 1.72 bits per heavy atom. The first kappa shape index (κ1) is 26.1. The molecule has 0 bridgehead atoms. The molecule has 2 aromatic carbocycles. The van der Waals surface area contributed by atoms with Crippen molar-refractivity contribution >= 4 is 28.4 Å². The standard InChI is InChI=1S/C30H32N6O3/c1-3-13-32-29(37)27-11-12-28(34-33-27)35-14-16-36(17-15-35)30(38)26-10-9-23(24-7-5-6-8-25(24)26)21-18-22(39-4-2)20-31-19-21/h5-12,18-20H,3-4,13-17H2,1-2H3,(H,32,37). The maximum Gasteiger partial charge on any atom is 0.271 e. The lowest BCUT2D eigenvalue weighted by Crippen LogP contribution is -2.49. The first-order chi connectivity index (χ1) is 19.1. The molecule has 0 unspecified atom stereocenters. The molecule has 1 N–H and O–H groups in total. The number of carbonyl (C=O) groups excluding carboxylic acids is 2. The van der Waals surface area contributed by atoms with Crippen molar-refractivity contribution in [2.75, 3.05) is 44.2 Å². The molecule has 0 spiro atoms. The minimum absolute atomic E-state index is 0.00705. The zero-order valence-corrected chi connectivity index (χ0v) is 22.3. The van der Waals surface area contributed by atoms with Crippen LogP contribution in [0.5, 0.6) is 5.75 Å². The van der Waals surface area contributed by atoms with Crippen LogP contribution in [0.3, 0.4) is 0 Å². The van der Waals surface area contributed by atoms with Gasteiger partial charge in [-0.15, -0.1) is 10.2 Å². The lowest BCUT2D eigenvalue weighted by Gasteiger charge is -2.35. The Kier molecular flexibility index (Phi) is 7.96. The van der Waals surface area contributed by atoms with Gasteiger partial charge in [0.15, 0.2) is 11.5 Å². The first-order valence-corrected chi connectivity index (χ1v) is 13.3. The second kappa shape index (κ2) is 11.9. The van der Waals surface area contributed by atoms with Gasteiger partial charge < -0.3 is 19.9 Å². The largest absolute Gasteiger partial charge is 0.492 e. The quantitative estimate of drug-likeness (QED) is 0.369. The number of carbonyl (C=O) groups is 2. The Balaban J connectivity index is 1.30. The van der Waals surface area contributed by atoms with E-state index in [2.05, 4.69) is 25.4 Å². The van der Waals surface area contributed by atoms with E-state index in [9.17, 15) is 9.59 Å². The molecule has 9 heteroatoms. The second-order valence-electron chi connectivity index (χ2n) is 9.36. The third kappa shape index (κ3) is 5.67. The molecule has 0 radical (unpaired) electrons. The maximum absolute atomic E-state index is 13.7. The second-order valence-corrected chi connectivity index (χ2v) is 9.36. The SMILES string of the molecule is CCCNC(=O)c1ccc(N2CCN(C(=O)c3ccc(-c4cncc(OCC)c4)c4ccccc34)CC2)nn1. The Morgan fingerprint density at radius 3 is 2.44 bits per heavy atom. The predicted molar refractivity (Wildman–Crippen MR) is 151 cm³/mol. The number of ether oxygens (including phenoxy) is 1. The Labute approximate surface area is 227 Å². The number of hydrogen-bond donors (Lipinski definition) is 1. The number of piperazine rings is 1. The van der Waals surface area contributed by atoms with Gasteiger partial charge in [-0.2, -0.15) is 0 Å². The topological polar surface area (TPSA) is 101 Å². The minimum Gasteiger partial charge on any atom is -0.492 e. The van der Waals surface area contributed by atoms with Crippen LogP contribution in [0.2, 0.25) is 0 Å². The van der Waals surface area contributed by atoms with Gasteiger partial charge in [-0.1, -0.05) is 37.3 Å². The van der Waals surface area contributed by atoms with Crippen LogP contribution in [0, 0.1) is 0 Å². The Bertz CT molecular complexity index is 1470. The molecule has 200 valence electrons. The van der Waals surface area contributed by atoms with Gasteiger partial charge in [0, 0.05) is 50.0 Å². The maximum atomic E-state index is 13.7. The van der Waals surface area contributed by atoms with Gasteiger partial charge in [0.25, 0.3) is 11.8 Å². The summed E-state index contributed by atoms with van der Waals surface area (Å²) in [6.45, 7) is 7.51. The first-order valence-electron chi connectivity index (χ1n) is 13.3. The van der Waals surface area contributed by atoms with Crippen molar-refractivity contribution in [3.05, 3.63) is 78.2 Å². The highest BCUT2D eigenvalue weighted by Gasteiger charge is 2.25. The summed E-state index contributed by atoms with van der Waals surface area (Å²) >= 11 is 0. The van der Waals surface area contributed by atoms with E-state index in [-0.39, 0.29) is 11.8 Å². The number of hydrogen-bond acceptors (Lipinski definition) is 7. The van der Waals surface area contributed by atoms with Crippen molar-refractivity contribution < 1.29 is 14.3 Å². The normalized spacial score (nSPS) is 13.4. The van der Waals surface area contributed by atoms with Gasteiger partial charge in [0.2, 0.25) is 0 Å². The number of fused-ring (bicyclic) bond motifs is 1. The average molecular weight is 525 g/mol. The van der Waals surface area contributed by atoms with E-state index in [1.165, 1.54) is 0 Å². The molecule has 9 nitrogen and oxygen atoms in total. The van der Waals surface area contributed by atoms with Crippen molar-refractivity contribution in [3.63, 3.8) is 0 Å². The van der Waals surface area contributed by atoms with Gasteiger partial charge >= 0.3 is 0 Å². The number of pyridine rings is 1. The van der Waals surface area contributed by atoms with Crippen molar-refractivity contribution in [2.45, 2.75) is 20.3 Å². The van der Waals surface area contributed by atoms with Crippen LogP contribution in [0.1, 0.15) is 41.1 Å². The summed E-state index contributed by atoms with van der Waals surface area (Å²) in [4.78, 5) is 34.1. The van der Waals surface area contributed by atoms with Gasteiger partial charge in [0.1, 0.15) is 5.75 Å². The molecule has 3 heterocycles. The Hall–Kier alpha value is -4.53. The van der Waals surface area contributed by atoms with E-state index in [4.69, 9.17) is 4.74 Å². The molecule has 4 aromatic rings. The molecule has 1 aliphatic heterocycles. The van der Waals surface area contributed by atoms with Gasteiger partial charge in [-0.05, 0) is 53.9 Å². The summed E-state index contributed by atoms with van der Waals surface area (Å²) in [5.74, 6) is 1.21. The number of aromatic nitrogens is 3. The van der Waals surface area contributed by atoms with Crippen molar-refractivity contribution in [1.82, 2.24) is 25.4 Å². The van der Waals surface area contributed by atoms with E-state index in [0.29, 0.717) is 56.4 Å². The van der Waals surface area contributed by atoms with E-state index in [1.54, 1.807) is 12.3 Å². The summed E-state index contributed by atoms with van der Waals surface area (Å²) < 4.78 is 5.64. The summed E-state index contributed by atoms with van der Waals surface area (Å²) in [7, 11) is 0. The Morgan fingerprint density at radius 1 is 0.923 bits per heavy atom. The van der Waals surface area contributed by atoms with Crippen LogP contribution in [0.15, 0.2) is 67.0 Å². The molecule has 0 atom stereocenters. The average Bonchev–Trinajstić information content (AvgIpc) is 2.99. The fourth-order valence-electron chi connectivity index (χ4n) is 4.80. The number of anilines is 1. The van der Waals surface area contributed by atoms with Gasteiger partial charge in [-0.25, -0.2) is 0 Å². The molecule has 1 aliphatic rings. The van der Waals surface area contributed by atoms with E-state index >= 15 is 0 Å². The van der Waals surface area contributed by atoms with Crippen LogP contribution in [-0.4, -0.2) is 71.2 Å². The number of benzene rings is 2. The highest BCUT2D eigenvalue weighted by atomic mass is 16.5. The van der Waals surface area contributed by atoms with Crippen molar-refractivity contribution in [2.24, 2.45) is 0 Å². The van der Waals surface area contributed by atoms with Gasteiger partial charge in [0.05, 0.1) is 12.8 Å². The fraction of sp³-hybridized carbons (Fsp3) is 0.300. The number of amides is 2. The molecule has 39 heavy (non-hydrogen) atoms. The lowest BCUT2D eigenvalue weighted by atomic mass is 9.95. The molecule has 2 amide bonds. The van der Waals surface area contributed by atoms with Crippen LogP contribution in [0.25, 0.3) is 21.9 Å². The number of nitrogens with zero attached hydrogens (tertiary/aromatic N) is 5. The van der Waals surface area contributed by atoms with Crippen LogP contribution < -0.4 is 15.0 Å². The highest BCUT2D eigenvalue weighted by Crippen LogP contribution is 2.32. The molecular weight excluding hydrogens is 492 g/mol. The van der Waals surface area contributed by atoms with Crippen molar-refractivity contribution in [1.29, 1.82) is 0 Å². The molecule has 1 saturated heterocycles. The minimum atomic E-state index is -0.220. The third-order valence-electron chi connectivity index (χ3n) is 6.80. The molecule has 2 aromatic heterocycles. The summed E-state index contributed by atoms with van der Waals surface area (Å²) in [6.07, 6.45) is 4.38. The lowest BCUT2D eigenvalue weighted by molar-refractivity contribution is 0.0748. The molecule has 5 rings (SSSR count). The predicted octanol–water partition coefficient (Wildman–Crippen LogP) is 4.19. The summed E-state index contributed by atoms with van der Waals surface area (Å²) in [5.41, 5.74) is 2.93. The van der Waals surface area contributed by atoms with Crippen LogP contribution >= 0.6 is 0 Å². The zero-order valence-electron chi connectivity index (χ0n) is 22.3. The van der Waals surface area contributed by atoms with Gasteiger partial charge in [-0.3, -0.25) is 14.6 Å². The van der Waals surface area contributed by atoms with E-state index < -0.39 is 0 Å².